The molecule has 0 aliphatic rings. The number of hydrogen-bond donors (Lipinski definition) is 0. The number of imidazole rings is 1. The maximum absolute atomic E-state index is 11.2. The van der Waals surface area contributed by atoms with Gasteiger partial charge < -0.3 is 0 Å². The molecule has 9 heteroatoms. The second-order valence-electron chi connectivity index (χ2n) is 5.83. The predicted molar refractivity (Wildman–Crippen MR) is 85.1 cm³/mol. The van der Waals surface area contributed by atoms with Crippen LogP contribution >= 0.6 is 0 Å². The van der Waals surface area contributed by atoms with Crippen LogP contribution in [0.5, 0.6) is 0 Å². The van der Waals surface area contributed by atoms with Gasteiger partial charge in [-0.25, -0.2) is 9.13 Å². The third kappa shape index (κ3) is 23.6. The zero-order valence-corrected chi connectivity index (χ0v) is 16.5. The summed E-state index contributed by atoms with van der Waals surface area (Å²) in [6.45, 7) is 4.91. The minimum absolute atomic E-state index is 1.16. The summed E-state index contributed by atoms with van der Waals surface area (Å²) in [6.07, 6.45) is 19.2. The average molecular weight is 471 g/mol. The molecular weight excluding hydrogens is 444 g/mol. The molecule has 0 bridgehead atoms. The molecule has 0 aromatic carbocycles. The quantitative estimate of drug-likeness (QED) is 0.135. The summed E-state index contributed by atoms with van der Waals surface area (Å²) in [6, 6.07) is 0. The van der Waals surface area contributed by atoms with Crippen LogP contribution in [0.3, 0.4) is 0 Å². The molecule has 0 unspecified atom stereocenters. The molecule has 1 heterocycles. The molecule has 0 amide bonds. The molecule has 0 spiro atoms. The van der Waals surface area contributed by atoms with Gasteiger partial charge in [-0.15, -0.1) is 6.58 Å². The van der Waals surface area contributed by atoms with Crippen molar-refractivity contribution >= 4 is 19.5 Å². The van der Waals surface area contributed by atoms with E-state index in [4.69, 9.17) is 0 Å². The van der Waals surface area contributed by atoms with Crippen LogP contribution in [0.15, 0.2) is 31.4 Å². The van der Waals surface area contributed by atoms with Crippen LogP contribution in [0.25, 0.3) is 0 Å². The van der Waals surface area contributed by atoms with Gasteiger partial charge in [0.1, 0.15) is 12.4 Å². The van der Waals surface area contributed by atoms with E-state index in [0.29, 0.717) is 0 Å². The third-order valence-corrected chi connectivity index (χ3v) is 3.15. The fourth-order valence-electron chi connectivity index (χ4n) is 2.10. The number of unbranched alkanes of at least 4 members (excludes halogenated alkanes) is 7. The number of aryl methyl sites for hydroxylation is 2. The molecule has 1 aromatic rings. The number of aromatic nitrogens is 2. The van der Waals surface area contributed by atoms with E-state index in [-0.39, 0.29) is 0 Å². The van der Waals surface area contributed by atoms with Crippen LogP contribution in [0.4, 0.5) is 16.9 Å². The maximum atomic E-state index is 9.93. The van der Waals surface area contributed by atoms with Gasteiger partial charge in [0.15, 0.2) is 0 Å². The van der Waals surface area contributed by atoms with Gasteiger partial charge in [0, 0.05) is 0 Å². The fraction of sp³-hybridized carbons (Fsp3) is 0.667. The average Bonchev–Trinajstić information content (AvgIpc) is 2.79. The van der Waals surface area contributed by atoms with Crippen molar-refractivity contribution in [2.45, 2.75) is 57.9 Å². The first-order valence-electron chi connectivity index (χ1n) is 7.96. The molecule has 0 saturated heterocycles. The van der Waals surface area contributed by atoms with E-state index in [2.05, 4.69) is 41.5 Å². The Kier molecular flexibility index (Phi) is 8.91. The molecule has 0 aliphatic heterocycles. The first-order valence-corrected chi connectivity index (χ1v) is 13.7. The summed E-state index contributed by atoms with van der Waals surface area (Å²) >= 11 is -11.2. The summed E-state index contributed by atoms with van der Waals surface area (Å²) in [5.74, 6) is 0. The molecule has 1 aromatic heterocycles. The second-order valence-corrected chi connectivity index (χ2v) is 11.3. The first-order chi connectivity index (χ1) is 10.8. The zero-order chi connectivity index (χ0) is 18.8. The van der Waals surface area contributed by atoms with E-state index >= 15 is 0 Å². The predicted octanol–water partition coefficient (Wildman–Crippen LogP) is 5.76. The summed E-state index contributed by atoms with van der Waals surface area (Å²) in [7, 11) is 2.07. The normalized spacial score (nSPS) is 14.3. The van der Waals surface area contributed by atoms with E-state index in [0.717, 1.165) is 6.54 Å². The molecule has 0 saturated carbocycles. The standard InChI is InChI=1S/C15H27N2.6FH.Sb/c1-3-4-5-6-7-8-9-10-11-12-17-14-13-16(2)15-17;;;;;;;/h3,13-15H,1,4-12H2,2H3;6*1H;/q+1;;;;;;;+5/p-6. The van der Waals surface area contributed by atoms with Gasteiger partial charge in [0.05, 0.1) is 13.6 Å². The monoisotopic (exact) mass is 470 g/mol. The molecule has 0 aliphatic carbocycles. The minimum atomic E-state index is -11.2. The molecule has 0 radical (unpaired) electrons. The van der Waals surface area contributed by atoms with Crippen LogP contribution in [-0.4, -0.2) is 24.0 Å². The zero-order valence-electron chi connectivity index (χ0n) is 14.0. The summed E-state index contributed by atoms with van der Waals surface area (Å²) in [5, 5.41) is 0. The molecule has 0 fully saturated rings. The van der Waals surface area contributed by atoms with Gasteiger partial charge in [-0.3, -0.25) is 0 Å². The summed E-state index contributed by atoms with van der Waals surface area (Å²) in [4.78, 5) is 0. The van der Waals surface area contributed by atoms with E-state index in [9.17, 15) is 16.9 Å². The van der Waals surface area contributed by atoms with Gasteiger partial charge in [-0.2, -0.15) is 0 Å². The third-order valence-electron chi connectivity index (χ3n) is 3.15. The second kappa shape index (κ2) is 9.16. The first kappa shape index (κ1) is 23.3. The Bertz CT molecular complexity index is 469. The van der Waals surface area contributed by atoms with Gasteiger partial charge in [0.2, 0.25) is 6.33 Å². The van der Waals surface area contributed by atoms with E-state index in [1.54, 1.807) is 0 Å². The molecule has 1 rings (SSSR count). The van der Waals surface area contributed by atoms with Crippen LogP contribution in [-0.2, 0) is 13.6 Å². The Labute approximate surface area is 142 Å². The molecule has 24 heavy (non-hydrogen) atoms. The van der Waals surface area contributed by atoms with Crippen LogP contribution in [0, 0.1) is 0 Å². The van der Waals surface area contributed by atoms with Gasteiger partial charge in [-0.1, -0.05) is 31.8 Å². The molecule has 2 nitrogen and oxygen atoms in total. The number of nitrogens with zero attached hydrogens (tertiary/aromatic N) is 2. The number of rotatable bonds is 10. The summed E-state index contributed by atoms with van der Waals surface area (Å²) < 4.78 is 63.9. The van der Waals surface area contributed by atoms with Crippen molar-refractivity contribution in [2.75, 3.05) is 0 Å². The summed E-state index contributed by atoms with van der Waals surface area (Å²) in [5.41, 5.74) is 0. The van der Waals surface area contributed by atoms with Gasteiger partial charge >= 0.3 is 36.4 Å². The Morgan fingerprint density at radius 3 is 1.79 bits per heavy atom. The molecule has 0 N–H and O–H groups in total. The Hall–Kier alpha value is -0.652. The number of hydrogen-bond acceptors (Lipinski definition) is 0. The van der Waals surface area contributed by atoms with Gasteiger partial charge in [0.25, 0.3) is 0 Å². The van der Waals surface area contributed by atoms with Crippen molar-refractivity contribution < 1.29 is 21.4 Å². The van der Waals surface area contributed by atoms with Crippen molar-refractivity contribution in [3.8, 4) is 0 Å². The molecule has 0 atom stereocenters. The van der Waals surface area contributed by atoms with Crippen molar-refractivity contribution in [1.29, 1.82) is 0 Å². The van der Waals surface area contributed by atoms with Crippen LogP contribution in [0.2, 0.25) is 0 Å². The van der Waals surface area contributed by atoms with Crippen LogP contribution < -0.4 is 4.57 Å². The Morgan fingerprint density at radius 1 is 0.917 bits per heavy atom. The van der Waals surface area contributed by atoms with E-state index in [1.165, 1.54) is 51.4 Å². The van der Waals surface area contributed by atoms with Crippen molar-refractivity contribution in [1.82, 2.24) is 4.57 Å². The Morgan fingerprint density at radius 2 is 1.38 bits per heavy atom. The van der Waals surface area contributed by atoms with Crippen molar-refractivity contribution in [3.05, 3.63) is 31.4 Å². The molecule has 144 valence electrons. The number of halogens is 6. The fourth-order valence-corrected chi connectivity index (χ4v) is 2.10. The van der Waals surface area contributed by atoms with Gasteiger partial charge in [-0.05, 0) is 25.7 Å². The Balaban J connectivity index is 0.000000640. The topological polar surface area (TPSA) is 8.81 Å². The van der Waals surface area contributed by atoms with E-state index in [1.807, 2.05) is 6.08 Å². The number of allylic oxidation sites excluding steroid dienone is 1. The van der Waals surface area contributed by atoms with E-state index < -0.39 is 19.5 Å². The molecular formula is C15H27F6N2Sb. The SMILES string of the molecule is C=CCCCCCCCCCn1cc[n+](C)c1.[F][Sb-]([F])([F])([F])([F])[F]. The van der Waals surface area contributed by atoms with Crippen molar-refractivity contribution in [2.24, 2.45) is 7.05 Å². The van der Waals surface area contributed by atoms with Crippen LogP contribution in [0.1, 0.15) is 51.4 Å². The van der Waals surface area contributed by atoms with Crippen molar-refractivity contribution in [3.63, 3.8) is 0 Å².